The molecule has 1 aliphatic rings. The monoisotopic (exact) mass is 447 g/mol. The van der Waals surface area contributed by atoms with Crippen molar-refractivity contribution in [3.05, 3.63) is 65.2 Å². The topological polar surface area (TPSA) is 70.7 Å². The molecule has 3 rings (SSSR count). The van der Waals surface area contributed by atoms with Gasteiger partial charge >= 0.3 is 6.18 Å². The smallest absolute Gasteiger partial charge is 0.378 e. The van der Waals surface area contributed by atoms with E-state index in [0.29, 0.717) is 43.2 Å². The maximum atomic E-state index is 13.6. The number of benzene rings is 2. The number of hydrogen-bond acceptors (Lipinski definition) is 4. The molecular formula is C23H24F3N3O3. The average molecular weight is 447 g/mol. The van der Waals surface area contributed by atoms with Gasteiger partial charge in [-0.3, -0.25) is 9.59 Å². The standard InChI is InChI=1S/C23H24F3N3O3/c1-16(30)28-19-6-2-17(3-7-19)4-9-22(31)27-15-18-5-8-20(14-21(18)23(24,25)26)29-10-12-32-13-11-29/h2-9,14H,10-13,15H2,1H3,(H,27,31)(H,28,30)/b9-4+. The minimum Gasteiger partial charge on any atom is -0.378 e. The predicted molar refractivity (Wildman–Crippen MR) is 116 cm³/mol. The summed E-state index contributed by atoms with van der Waals surface area (Å²) in [5.41, 5.74) is 1.05. The molecule has 2 aromatic carbocycles. The lowest BCUT2D eigenvalue weighted by molar-refractivity contribution is -0.138. The highest BCUT2D eigenvalue weighted by atomic mass is 19.4. The highest BCUT2D eigenvalue weighted by Crippen LogP contribution is 2.35. The van der Waals surface area contributed by atoms with Crippen molar-refractivity contribution in [3.63, 3.8) is 0 Å². The van der Waals surface area contributed by atoms with E-state index >= 15 is 0 Å². The molecule has 0 spiro atoms. The van der Waals surface area contributed by atoms with Crippen molar-refractivity contribution in [1.29, 1.82) is 0 Å². The summed E-state index contributed by atoms with van der Waals surface area (Å²) in [5.74, 6) is -0.704. The number of halogens is 3. The fourth-order valence-electron chi connectivity index (χ4n) is 3.29. The second kappa shape index (κ2) is 10.3. The van der Waals surface area contributed by atoms with E-state index in [9.17, 15) is 22.8 Å². The zero-order valence-electron chi connectivity index (χ0n) is 17.5. The molecule has 0 unspecified atom stereocenters. The third-order valence-electron chi connectivity index (χ3n) is 4.89. The summed E-state index contributed by atoms with van der Waals surface area (Å²) in [5, 5.41) is 5.14. The first kappa shape index (κ1) is 23.3. The van der Waals surface area contributed by atoms with Crippen LogP contribution in [0.25, 0.3) is 6.08 Å². The van der Waals surface area contributed by atoms with Crippen LogP contribution < -0.4 is 15.5 Å². The van der Waals surface area contributed by atoms with Gasteiger partial charge in [-0.15, -0.1) is 0 Å². The zero-order valence-corrected chi connectivity index (χ0v) is 17.5. The van der Waals surface area contributed by atoms with Gasteiger partial charge in [-0.1, -0.05) is 18.2 Å². The number of morpholine rings is 1. The molecule has 1 fully saturated rings. The van der Waals surface area contributed by atoms with Crippen LogP contribution in [0.2, 0.25) is 0 Å². The molecule has 2 amide bonds. The number of carbonyl (C=O) groups excluding carboxylic acids is 2. The minimum absolute atomic E-state index is 0.00378. The SMILES string of the molecule is CC(=O)Nc1ccc(/C=C/C(=O)NCc2ccc(N3CCOCC3)cc2C(F)(F)F)cc1. The number of nitrogens with one attached hydrogen (secondary N) is 2. The van der Waals surface area contributed by atoms with E-state index in [1.165, 1.54) is 19.1 Å². The van der Waals surface area contributed by atoms with Crippen molar-refractivity contribution in [1.82, 2.24) is 5.32 Å². The Bertz CT molecular complexity index is 982. The Kier molecular flexibility index (Phi) is 7.53. The Balaban J connectivity index is 1.64. The quantitative estimate of drug-likeness (QED) is 0.661. The average Bonchev–Trinajstić information content (AvgIpc) is 2.76. The minimum atomic E-state index is -4.53. The summed E-state index contributed by atoms with van der Waals surface area (Å²) >= 11 is 0. The molecule has 2 N–H and O–H groups in total. The number of amides is 2. The molecule has 0 aliphatic carbocycles. The van der Waals surface area contributed by atoms with Crippen molar-refractivity contribution in [2.45, 2.75) is 19.6 Å². The van der Waals surface area contributed by atoms with Gasteiger partial charge in [-0.05, 0) is 41.5 Å². The maximum Gasteiger partial charge on any atom is 0.416 e. The van der Waals surface area contributed by atoms with Gasteiger partial charge in [0.2, 0.25) is 11.8 Å². The molecule has 0 bridgehead atoms. The Labute approximate surface area is 184 Å². The lowest BCUT2D eigenvalue weighted by atomic mass is 10.0. The van der Waals surface area contributed by atoms with Crippen LogP contribution in [0.1, 0.15) is 23.6 Å². The molecule has 0 aromatic heterocycles. The van der Waals surface area contributed by atoms with Crippen LogP contribution in [0.15, 0.2) is 48.5 Å². The Hall–Kier alpha value is -3.33. The molecular weight excluding hydrogens is 423 g/mol. The number of alkyl halides is 3. The zero-order chi connectivity index (χ0) is 23.1. The second-order valence-electron chi connectivity index (χ2n) is 7.29. The number of nitrogens with zero attached hydrogens (tertiary/aromatic N) is 1. The highest BCUT2D eigenvalue weighted by molar-refractivity contribution is 5.92. The number of anilines is 2. The van der Waals surface area contributed by atoms with Crippen LogP contribution in [0.5, 0.6) is 0 Å². The molecule has 1 heterocycles. The Morgan fingerprint density at radius 2 is 1.78 bits per heavy atom. The number of rotatable bonds is 6. The highest BCUT2D eigenvalue weighted by Gasteiger charge is 2.34. The van der Waals surface area contributed by atoms with E-state index in [0.717, 1.165) is 6.07 Å². The van der Waals surface area contributed by atoms with Crippen LogP contribution in [-0.2, 0) is 27.0 Å². The van der Waals surface area contributed by atoms with Crippen LogP contribution >= 0.6 is 0 Å². The van der Waals surface area contributed by atoms with E-state index < -0.39 is 17.6 Å². The number of ether oxygens (including phenoxy) is 1. The van der Waals surface area contributed by atoms with Gasteiger partial charge in [0.1, 0.15) is 0 Å². The van der Waals surface area contributed by atoms with Crippen LogP contribution in [0.3, 0.4) is 0 Å². The fraction of sp³-hybridized carbons (Fsp3) is 0.304. The normalized spacial score (nSPS) is 14.4. The molecule has 2 aromatic rings. The van der Waals surface area contributed by atoms with Crippen LogP contribution in [-0.4, -0.2) is 38.1 Å². The molecule has 32 heavy (non-hydrogen) atoms. The van der Waals surface area contributed by atoms with E-state index in [4.69, 9.17) is 4.74 Å². The van der Waals surface area contributed by atoms with Gasteiger partial charge in [-0.25, -0.2) is 0 Å². The number of hydrogen-bond donors (Lipinski definition) is 2. The van der Waals surface area contributed by atoms with Crippen molar-refractivity contribution in [2.24, 2.45) is 0 Å². The third kappa shape index (κ3) is 6.58. The third-order valence-corrected chi connectivity index (χ3v) is 4.89. The summed E-state index contributed by atoms with van der Waals surface area (Å²) < 4.78 is 46.1. The van der Waals surface area contributed by atoms with Gasteiger partial charge < -0.3 is 20.3 Å². The van der Waals surface area contributed by atoms with Crippen molar-refractivity contribution in [3.8, 4) is 0 Å². The van der Waals surface area contributed by atoms with Gasteiger partial charge in [0.25, 0.3) is 0 Å². The molecule has 1 aliphatic heterocycles. The lowest BCUT2D eigenvalue weighted by Gasteiger charge is -2.29. The summed E-state index contributed by atoms with van der Waals surface area (Å²) in [6.07, 6.45) is -1.74. The summed E-state index contributed by atoms with van der Waals surface area (Å²) in [7, 11) is 0. The first-order valence-electron chi connectivity index (χ1n) is 10.1. The van der Waals surface area contributed by atoms with E-state index in [-0.39, 0.29) is 18.0 Å². The van der Waals surface area contributed by atoms with Crippen LogP contribution in [0.4, 0.5) is 24.5 Å². The van der Waals surface area contributed by atoms with Gasteiger partial charge in [-0.2, -0.15) is 13.2 Å². The van der Waals surface area contributed by atoms with Gasteiger partial charge in [0, 0.05) is 44.0 Å². The van der Waals surface area contributed by atoms with Crippen LogP contribution in [0, 0.1) is 0 Å². The Morgan fingerprint density at radius 3 is 2.41 bits per heavy atom. The molecule has 0 radical (unpaired) electrons. The first-order chi connectivity index (χ1) is 15.2. The largest absolute Gasteiger partial charge is 0.416 e. The summed E-state index contributed by atoms with van der Waals surface area (Å²) in [4.78, 5) is 25.0. The Morgan fingerprint density at radius 1 is 1.09 bits per heavy atom. The van der Waals surface area contributed by atoms with Crippen molar-refractivity contribution in [2.75, 3.05) is 36.5 Å². The first-order valence-corrected chi connectivity index (χ1v) is 10.1. The second-order valence-corrected chi connectivity index (χ2v) is 7.29. The van der Waals surface area contributed by atoms with Gasteiger partial charge in [0.05, 0.1) is 18.8 Å². The lowest BCUT2D eigenvalue weighted by Crippen LogP contribution is -2.36. The maximum absolute atomic E-state index is 13.6. The molecule has 9 heteroatoms. The van der Waals surface area contributed by atoms with E-state index in [1.807, 2.05) is 4.90 Å². The van der Waals surface area contributed by atoms with Crippen molar-refractivity contribution < 1.29 is 27.5 Å². The fourth-order valence-corrected chi connectivity index (χ4v) is 3.29. The molecule has 6 nitrogen and oxygen atoms in total. The summed E-state index contributed by atoms with van der Waals surface area (Å²) in [6, 6.07) is 10.9. The van der Waals surface area contributed by atoms with Gasteiger partial charge in [0.15, 0.2) is 0 Å². The summed E-state index contributed by atoms with van der Waals surface area (Å²) in [6.45, 7) is 3.16. The molecule has 170 valence electrons. The predicted octanol–water partition coefficient (Wildman–Crippen LogP) is 3.83. The van der Waals surface area contributed by atoms with Crippen molar-refractivity contribution >= 4 is 29.3 Å². The molecule has 0 saturated carbocycles. The molecule has 0 atom stereocenters. The number of carbonyl (C=O) groups is 2. The van der Waals surface area contributed by atoms with E-state index in [2.05, 4.69) is 10.6 Å². The molecule has 1 saturated heterocycles. The van der Waals surface area contributed by atoms with E-state index in [1.54, 1.807) is 36.4 Å².